The Kier molecular flexibility index (Phi) is 4.49. The van der Waals surface area contributed by atoms with E-state index in [4.69, 9.17) is 18.6 Å². The van der Waals surface area contributed by atoms with Crippen LogP contribution in [0.3, 0.4) is 0 Å². The molecule has 0 atom stereocenters. The number of benzene rings is 2. The molecule has 2 aromatic heterocycles. The molecule has 142 valence electrons. The fourth-order valence-corrected chi connectivity index (χ4v) is 3.15. The maximum Gasteiger partial charge on any atom is 0.190 e. The van der Waals surface area contributed by atoms with E-state index >= 15 is 0 Å². The van der Waals surface area contributed by atoms with Crippen LogP contribution in [0.25, 0.3) is 33.5 Å². The Balaban J connectivity index is 1.89. The highest BCUT2D eigenvalue weighted by Crippen LogP contribution is 2.34. The second-order valence-corrected chi connectivity index (χ2v) is 6.08. The van der Waals surface area contributed by atoms with E-state index in [1.165, 1.54) is 6.39 Å². The molecule has 7 nitrogen and oxygen atoms in total. The summed E-state index contributed by atoms with van der Waals surface area (Å²) in [6.45, 7) is 0. The van der Waals surface area contributed by atoms with Gasteiger partial charge in [0.1, 0.15) is 5.75 Å². The van der Waals surface area contributed by atoms with Gasteiger partial charge in [0.2, 0.25) is 0 Å². The Morgan fingerprint density at radius 2 is 1.71 bits per heavy atom. The molecule has 0 saturated heterocycles. The summed E-state index contributed by atoms with van der Waals surface area (Å²) in [5, 5.41) is 0.524. The van der Waals surface area contributed by atoms with Gasteiger partial charge in [-0.05, 0) is 24.3 Å². The molecule has 28 heavy (non-hydrogen) atoms. The van der Waals surface area contributed by atoms with Gasteiger partial charge in [-0.25, -0.2) is 4.98 Å². The van der Waals surface area contributed by atoms with E-state index < -0.39 is 0 Å². The molecular weight excluding hydrogens is 360 g/mol. The molecule has 0 bridgehead atoms. The highest BCUT2D eigenvalue weighted by molar-refractivity contribution is 5.88. The molecule has 4 aromatic rings. The van der Waals surface area contributed by atoms with Gasteiger partial charge >= 0.3 is 0 Å². The maximum absolute atomic E-state index is 12.8. The van der Waals surface area contributed by atoms with Crippen molar-refractivity contribution in [2.75, 3.05) is 21.3 Å². The van der Waals surface area contributed by atoms with E-state index in [0.717, 1.165) is 5.56 Å². The number of pyridine rings is 1. The number of fused-ring (bicyclic) bond motifs is 1. The molecule has 0 saturated carbocycles. The molecule has 0 fully saturated rings. The number of hydrogen-bond donors (Lipinski definition) is 1. The van der Waals surface area contributed by atoms with Gasteiger partial charge in [0, 0.05) is 28.8 Å². The second kappa shape index (κ2) is 7.11. The number of oxazole rings is 1. The van der Waals surface area contributed by atoms with Crippen LogP contribution < -0.4 is 19.6 Å². The van der Waals surface area contributed by atoms with Crippen molar-refractivity contribution in [3.8, 4) is 39.8 Å². The summed E-state index contributed by atoms with van der Waals surface area (Å²) in [5.41, 5.74) is 2.65. The lowest BCUT2D eigenvalue weighted by Gasteiger charge is -2.12. The van der Waals surface area contributed by atoms with Crippen molar-refractivity contribution in [1.82, 2.24) is 9.97 Å². The quantitative estimate of drug-likeness (QED) is 0.567. The molecule has 0 aliphatic heterocycles. The SMILES string of the molecule is COc1ccc(-c2cc(=O)c3cc(-c4cnco4)c(OC)cc3[nH]2)cc1OC. The van der Waals surface area contributed by atoms with Crippen molar-refractivity contribution in [3.05, 3.63) is 59.2 Å². The van der Waals surface area contributed by atoms with Crippen molar-refractivity contribution in [2.24, 2.45) is 0 Å². The first kappa shape index (κ1) is 17.7. The third-order valence-electron chi connectivity index (χ3n) is 4.54. The van der Waals surface area contributed by atoms with Gasteiger partial charge in [0.15, 0.2) is 29.1 Å². The van der Waals surface area contributed by atoms with E-state index in [1.54, 1.807) is 51.8 Å². The van der Waals surface area contributed by atoms with E-state index in [-0.39, 0.29) is 5.43 Å². The predicted molar refractivity (Wildman–Crippen MR) is 105 cm³/mol. The smallest absolute Gasteiger partial charge is 0.190 e. The Morgan fingerprint density at radius 1 is 0.929 bits per heavy atom. The number of methoxy groups -OCH3 is 3. The van der Waals surface area contributed by atoms with Crippen molar-refractivity contribution < 1.29 is 18.6 Å². The number of ether oxygens (including phenoxy) is 3. The van der Waals surface area contributed by atoms with E-state index in [2.05, 4.69) is 9.97 Å². The number of aromatic nitrogens is 2. The first-order valence-electron chi connectivity index (χ1n) is 8.51. The molecule has 7 heteroatoms. The molecule has 4 rings (SSSR count). The summed E-state index contributed by atoms with van der Waals surface area (Å²) < 4.78 is 21.5. The third kappa shape index (κ3) is 2.96. The zero-order chi connectivity index (χ0) is 19.7. The fourth-order valence-electron chi connectivity index (χ4n) is 3.15. The first-order valence-corrected chi connectivity index (χ1v) is 8.51. The molecule has 0 amide bonds. The van der Waals surface area contributed by atoms with Gasteiger partial charge in [-0.3, -0.25) is 4.79 Å². The molecule has 1 N–H and O–H groups in total. The van der Waals surface area contributed by atoms with Crippen LogP contribution in [0.2, 0.25) is 0 Å². The van der Waals surface area contributed by atoms with Crippen LogP contribution in [-0.2, 0) is 0 Å². The summed E-state index contributed by atoms with van der Waals surface area (Å²) in [6.07, 6.45) is 2.92. The number of rotatable bonds is 5. The number of hydrogen-bond acceptors (Lipinski definition) is 6. The summed E-state index contributed by atoms with van der Waals surface area (Å²) in [5.74, 6) is 2.30. The van der Waals surface area contributed by atoms with Gasteiger partial charge in [-0.1, -0.05) is 0 Å². The summed E-state index contributed by atoms with van der Waals surface area (Å²) in [4.78, 5) is 20.0. The lowest BCUT2D eigenvalue weighted by molar-refractivity contribution is 0.355. The molecule has 0 spiro atoms. The van der Waals surface area contributed by atoms with Crippen LogP contribution in [0.5, 0.6) is 17.2 Å². The zero-order valence-electron chi connectivity index (χ0n) is 15.6. The van der Waals surface area contributed by atoms with Crippen LogP contribution in [0.1, 0.15) is 0 Å². The molecular formula is C21H18N2O5. The average molecular weight is 378 g/mol. The van der Waals surface area contributed by atoms with Crippen LogP contribution in [0.15, 0.2) is 58.2 Å². The minimum Gasteiger partial charge on any atom is -0.496 e. The summed E-state index contributed by atoms with van der Waals surface area (Å²) in [7, 11) is 4.71. The zero-order valence-corrected chi connectivity index (χ0v) is 15.6. The molecule has 2 heterocycles. The lowest BCUT2D eigenvalue weighted by atomic mass is 10.0. The molecule has 0 radical (unpaired) electrons. The minimum atomic E-state index is -0.123. The van der Waals surface area contributed by atoms with Crippen molar-refractivity contribution in [1.29, 1.82) is 0 Å². The van der Waals surface area contributed by atoms with Crippen LogP contribution in [0.4, 0.5) is 0 Å². The monoisotopic (exact) mass is 378 g/mol. The molecule has 2 aromatic carbocycles. The van der Waals surface area contributed by atoms with Gasteiger partial charge in [-0.2, -0.15) is 0 Å². The normalized spacial score (nSPS) is 10.8. The standard InChI is InChI=1S/C21H18N2O5/c1-25-18-5-4-12(6-20(18)27-3)15-8-17(24)13-7-14(21-10-22-11-28-21)19(26-2)9-16(13)23-15/h4-11H,1-3H3,(H,23,24). The molecule has 0 aliphatic rings. The Morgan fingerprint density at radius 3 is 2.39 bits per heavy atom. The van der Waals surface area contributed by atoms with Crippen molar-refractivity contribution in [2.45, 2.75) is 0 Å². The molecule has 0 aliphatic carbocycles. The van der Waals surface area contributed by atoms with E-state index in [1.807, 2.05) is 12.1 Å². The van der Waals surface area contributed by atoms with Crippen LogP contribution in [0, 0.1) is 0 Å². The fraction of sp³-hybridized carbons (Fsp3) is 0.143. The largest absolute Gasteiger partial charge is 0.496 e. The molecule has 0 unspecified atom stereocenters. The van der Waals surface area contributed by atoms with Gasteiger partial charge in [0.25, 0.3) is 0 Å². The van der Waals surface area contributed by atoms with Crippen molar-refractivity contribution in [3.63, 3.8) is 0 Å². The Bertz CT molecular complexity index is 1200. The van der Waals surface area contributed by atoms with Gasteiger partial charge in [0.05, 0.1) is 38.6 Å². The number of nitrogens with zero attached hydrogens (tertiary/aromatic N) is 1. The second-order valence-electron chi connectivity index (χ2n) is 6.08. The average Bonchev–Trinajstić information content (AvgIpc) is 3.26. The van der Waals surface area contributed by atoms with Gasteiger partial charge in [-0.15, -0.1) is 0 Å². The first-order chi connectivity index (χ1) is 13.6. The van der Waals surface area contributed by atoms with Gasteiger partial charge < -0.3 is 23.6 Å². The minimum absolute atomic E-state index is 0.123. The Labute approximate surface area is 160 Å². The number of nitrogens with one attached hydrogen (secondary N) is 1. The maximum atomic E-state index is 12.8. The highest BCUT2D eigenvalue weighted by Gasteiger charge is 2.14. The van der Waals surface area contributed by atoms with E-state index in [0.29, 0.717) is 45.2 Å². The number of aromatic amines is 1. The van der Waals surface area contributed by atoms with Crippen molar-refractivity contribution >= 4 is 10.9 Å². The Hall–Kier alpha value is -3.74. The lowest BCUT2D eigenvalue weighted by Crippen LogP contribution is -2.04. The van der Waals surface area contributed by atoms with Crippen LogP contribution >= 0.6 is 0 Å². The number of H-pyrrole nitrogens is 1. The highest BCUT2D eigenvalue weighted by atomic mass is 16.5. The van der Waals surface area contributed by atoms with Crippen LogP contribution in [-0.4, -0.2) is 31.3 Å². The third-order valence-corrected chi connectivity index (χ3v) is 4.54. The topological polar surface area (TPSA) is 86.6 Å². The predicted octanol–water partition coefficient (Wildman–Crippen LogP) is 3.88. The summed E-state index contributed by atoms with van der Waals surface area (Å²) >= 11 is 0. The van der Waals surface area contributed by atoms with E-state index in [9.17, 15) is 4.79 Å². The summed E-state index contributed by atoms with van der Waals surface area (Å²) in [6, 6.07) is 10.5.